The number of amides is 1. The summed E-state index contributed by atoms with van der Waals surface area (Å²) in [5.41, 5.74) is 3.35. The van der Waals surface area contributed by atoms with Gasteiger partial charge in [-0.15, -0.1) is 0 Å². The number of rotatable bonds is 3. The summed E-state index contributed by atoms with van der Waals surface area (Å²) in [5, 5.41) is 1.19. The van der Waals surface area contributed by atoms with Crippen molar-refractivity contribution in [3.63, 3.8) is 0 Å². The van der Waals surface area contributed by atoms with Crippen LogP contribution in [0.3, 0.4) is 0 Å². The van der Waals surface area contributed by atoms with Crippen molar-refractivity contribution in [1.82, 2.24) is 0 Å². The van der Waals surface area contributed by atoms with Crippen molar-refractivity contribution in [3.05, 3.63) is 75.1 Å². The number of carbonyl (C=O) groups excluding carboxylic acids is 1. The zero-order chi connectivity index (χ0) is 18.2. The lowest BCUT2D eigenvalue weighted by molar-refractivity contribution is 0.0982. The van der Waals surface area contributed by atoms with Crippen molar-refractivity contribution in [2.45, 2.75) is 19.9 Å². The molecule has 2 aromatic carbocycles. The van der Waals surface area contributed by atoms with E-state index in [0.717, 1.165) is 11.1 Å². The Morgan fingerprint density at radius 3 is 2.44 bits per heavy atom. The Bertz CT molecular complexity index is 966. The minimum atomic E-state index is -3.28. The van der Waals surface area contributed by atoms with Gasteiger partial charge in [-0.2, -0.15) is 0 Å². The lowest BCUT2D eigenvalue weighted by atomic mass is 10.1. The van der Waals surface area contributed by atoms with E-state index in [2.05, 4.69) is 15.9 Å². The highest BCUT2D eigenvalue weighted by atomic mass is 79.9. The van der Waals surface area contributed by atoms with Gasteiger partial charge in [0.1, 0.15) is 0 Å². The molecule has 0 bridgehead atoms. The van der Waals surface area contributed by atoms with Crippen molar-refractivity contribution in [2.75, 3.05) is 10.7 Å². The molecule has 0 radical (unpaired) electrons. The summed E-state index contributed by atoms with van der Waals surface area (Å²) < 4.78 is 24.5. The highest BCUT2D eigenvalue weighted by Gasteiger charge is 2.32. The highest BCUT2D eigenvalue weighted by molar-refractivity contribution is 9.10. The van der Waals surface area contributed by atoms with Gasteiger partial charge in [-0.1, -0.05) is 18.2 Å². The van der Waals surface area contributed by atoms with E-state index in [1.165, 1.54) is 5.41 Å². The number of nitrogens with zero attached hydrogens (tertiary/aromatic N) is 1. The lowest BCUT2D eigenvalue weighted by Gasteiger charge is -2.28. The zero-order valence-electron chi connectivity index (χ0n) is 13.9. The topological polar surface area (TPSA) is 54.5 Å². The van der Waals surface area contributed by atoms with Crippen molar-refractivity contribution in [3.8, 4) is 0 Å². The van der Waals surface area contributed by atoms with Gasteiger partial charge in [0.05, 0.1) is 17.4 Å². The predicted octanol–water partition coefficient (Wildman–Crippen LogP) is 4.02. The molecule has 0 saturated carbocycles. The second-order valence-corrected chi connectivity index (χ2v) is 8.93. The monoisotopic (exact) mass is 419 g/mol. The van der Waals surface area contributed by atoms with Gasteiger partial charge in [0.15, 0.2) is 9.84 Å². The first-order valence-corrected chi connectivity index (χ1v) is 10.4. The second-order valence-electron chi connectivity index (χ2n) is 6.15. The molecular formula is C19H18BrNO3S. The summed E-state index contributed by atoms with van der Waals surface area (Å²) in [5.74, 6) is -0.335. The summed E-state index contributed by atoms with van der Waals surface area (Å²) in [6.07, 6.45) is 1.58. The van der Waals surface area contributed by atoms with Gasteiger partial charge in [0.2, 0.25) is 0 Å². The molecule has 1 heterocycles. The molecule has 1 aliphatic heterocycles. The fraction of sp³-hybridized carbons (Fsp3) is 0.211. The van der Waals surface area contributed by atoms with E-state index < -0.39 is 15.9 Å². The number of hydrogen-bond acceptors (Lipinski definition) is 3. The Morgan fingerprint density at radius 1 is 1.12 bits per heavy atom. The van der Waals surface area contributed by atoms with Crippen LogP contribution in [0.5, 0.6) is 0 Å². The SMILES string of the molecule is Cc1ccc(N(C(=O)c2ccccc2Br)C2C=CS(=O)(=O)C2)cc1C. The van der Waals surface area contributed by atoms with Gasteiger partial charge in [0, 0.05) is 15.6 Å². The number of anilines is 1. The fourth-order valence-corrected chi connectivity index (χ4v) is 4.54. The van der Waals surface area contributed by atoms with Gasteiger partial charge in [0.25, 0.3) is 5.91 Å². The standard InChI is InChI=1S/C19H18BrNO3S/c1-13-7-8-15(11-14(13)2)21(16-9-10-25(23,24)12-16)19(22)17-5-3-4-6-18(17)20/h3-11,16H,12H2,1-2H3. The van der Waals surface area contributed by atoms with E-state index >= 15 is 0 Å². The maximum atomic E-state index is 13.2. The Balaban J connectivity index is 2.09. The molecule has 0 spiro atoms. The molecule has 25 heavy (non-hydrogen) atoms. The molecule has 0 aliphatic carbocycles. The van der Waals surface area contributed by atoms with Crippen LogP contribution in [0.1, 0.15) is 21.5 Å². The summed E-state index contributed by atoms with van der Waals surface area (Å²) in [4.78, 5) is 14.8. The summed E-state index contributed by atoms with van der Waals surface area (Å²) in [6.45, 7) is 3.97. The molecule has 0 saturated heterocycles. The summed E-state index contributed by atoms with van der Waals surface area (Å²) in [6, 6.07) is 12.3. The summed E-state index contributed by atoms with van der Waals surface area (Å²) >= 11 is 3.41. The van der Waals surface area contributed by atoms with E-state index in [4.69, 9.17) is 0 Å². The number of benzene rings is 2. The van der Waals surface area contributed by atoms with Gasteiger partial charge in [-0.25, -0.2) is 8.42 Å². The van der Waals surface area contributed by atoms with Crippen LogP contribution in [-0.2, 0) is 9.84 Å². The minimum Gasteiger partial charge on any atom is -0.300 e. The molecule has 1 aliphatic rings. The van der Waals surface area contributed by atoms with Gasteiger partial charge >= 0.3 is 0 Å². The average molecular weight is 420 g/mol. The molecule has 1 unspecified atom stereocenters. The van der Waals surface area contributed by atoms with Crippen LogP contribution in [-0.4, -0.2) is 26.1 Å². The van der Waals surface area contributed by atoms with Crippen molar-refractivity contribution in [1.29, 1.82) is 0 Å². The Labute approximate surface area is 156 Å². The number of sulfone groups is 1. The number of hydrogen-bond donors (Lipinski definition) is 0. The molecule has 0 fully saturated rings. The third kappa shape index (κ3) is 3.70. The van der Waals surface area contributed by atoms with Crippen LogP contribution in [0, 0.1) is 13.8 Å². The molecule has 2 aromatic rings. The van der Waals surface area contributed by atoms with E-state index in [1.54, 1.807) is 29.2 Å². The minimum absolute atomic E-state index is 0.101. The van der Waals surface area contributed by atoms with Crippen LogP contribution >= 0.6 is 15.9 Å². The van der Waals surface area contributed by atoms with E-state index in [1.807, 2.05) is 38.1 Å². The van der Waals surface area contributed by atoms with Crippen LogP contribution in [0.15, 0.2) is 58.4 Å². The first kappa shape index (κ1) is 17.9. The largest absolute Gasteiger partial charge is 0.300 e. The van der Waals surface area contributed by atoms with E-state index in [9.17, 15) is 13.2 Å². The molecule has 130 valence electrons. The molecule has 1 atom stereocenters. The number of halogens is 1. The quantitative estimate of drug-likeness (QED) is 0.754. The molecule has 3 rings (SSSR count). The van der Waals surface area contributed by atoms with Gasteiger partial charge < -0.3 is 4.90 Å². The molecule has 0 N–H and O–H groups in total. The van der Waals surface area contributed by atoms with Gasteiger partial charge in [-0.05, 0) is 71.2 Å². The fourth-order valence-electron chi connectivity index (χ4n) is 2.82. The molecular weight excluding hydrogens is 402 g/mol. The maximum absolute atomic E-state index is 13.2. The van der Waals surface area contributed by atoms with Crippen LogP contribution in [0.2, 0.25) is 0 Å². The third-order valence-corrected chi connectivity index (χ3v) is 6.40. The molecule has 1 amide bonds. The van der Waals surface area contributed by atoms with Crippen LogP contribution in [0.4, 0.5) is 5.69 Å². The number of aryl methyl sites for hydroxylation is 2. The highest BCUT2D eigenvalue weighted by Crippen LogP contribution is 2.28. The first-order valence-electron chi connectivity index (χ1n) is 7.85. The lowest BCUT2D eigenvalue weighted by Crippen LogP contribution is -2.41. The van der Waals surface area contributed by atoms with Crippen LogP contribution < -0.4 is 4.90 Å². The smallest absolute Gasteiger partial charge is 0.260 e. The van der Waals surface area contributed by atoms with E-state index in [0.29, 0.717) is 15.7 Å². The Hall–Kier alpha value is -1.92. The van der Waals surface area contributed by atoms with Gasteiger partial charge in [-0.3, -0.25) is 4.79 Å². The van der Waals surface area contributed by atoms with Crippen LogP contribution in [0.25, 0.3) is 0 Å². The zero-order valence-corrected chi connectivity index (χ0v) is 16.3. The van der Waals surface area contributed by atoms with Crippen molar-refractivity contribution in [2.24, 2.45) is 0 Å². The van der Waals surface area contributed by atoms with E-state index in [-0.39, 0.29) is 11.7 Å². The molecule has 4 nitrogen and oxygen atoms in total. The maximum Gasteiger partial charge on any atom is 0.260 e. The van der Waals surface area contributed by atoms with Crippen molar-refractivity contribution < 1.29 is 13.2 Å². The molecule has 0 aromatic heterocycles. The molecule has 6 heteroatoms. The Kier molecular flexibility index (Phi) is 4.84. The second kappa shape index (κ2) is 6.77. The first-order chi connectivity index (χ1) is 11.8. The van der Waals surface area contributed by atoms with Crippen molar-refractivity contribution >= 4 is 37.4 Å². The third-order valence-electron chi connectivity index (χ3n) is 4.33. The normalized spacial score (nSPS) is 18.3. The summed E-state index contributed by atoms with van der Waals surface area (Å²) in [7, 11) is -3.28. The predicted molar refractivity (Wildman–Crippen MR) is 104 cm³/mol. The average Bonchev–Trinajstić information content (AvgIpc) is 2.91. The number of carbonyl (C=O) groups is 1. The Morgan fingerprint density at radius 2 is 1.84 bits per heavy atom.